The number of phenolic OH excluding ortho intramolecular Hbond substituents is 1. The Kier molecular flexibility index (Phi) is 7.16. The summed E-state index contributed by atoms with van der Waals surface area (Å²) >= 11 is 1.17. The maximum atomic E-state index is 14.0. The second kappa shape index (κ2) is 10.1. The van der Waals surface area contributed by atoms with Gasteiger partial charge in [0.2, 0.25) is 0 Å². The minimum Gasteiger partial charge on any atom is -0.508 e. The van der Waals surface area contributed by atoms with Crippen LogP contribution < -0.4 is 0 Å². The van der Waals surface area contributed by atoms with E-state index in [9.17, 15) is 32.3 Å². The van der Waals surface area contributed by atoms with Crippen LogP contribution in [0.2, 0.25) is 0 Å². The summed E-state index contributed by atoms with van der Waals surface area (Å²) in [6.45, 7) is 0.571. The van der Waals surface area contributed by atoms with Gasteiger partial charge in [0.15, 0.2) is 5.78 Å². The monoisotopic (exact) mass is 503 g/mol. The average molecular weight is 504 g/mol. The van der Waals surface area contributed by atoms with Crippen LogP contribution in [0.1, 0.15) is 39.1 Å². The lowest BCUT2D eigenvalue weighted by atomic mass is 9.88. The van der Waals surface area contributed by atoms with Gasteiger partial charge in [-0.05, 0) is 61.4 Å². The number of nitrogens with zero attached hydrogens (tertiary/aromatic N) is 1. The van der Waals surface area contributed by atoms with Crippen molar-refractivity contribution in [3.8, 4) is 5.75 Å². The predicted octanol–water partition coefficient (Wildman–Crippen LogP) is 6.44. The molecule has 3 aromatic carbocycles. The molecule has 35 heavy (non-hydrogen) atoms. The van der Waals surface area contributed by atoms with Crippen LogP contribution in [-0.4, -0.2) is 34.8 Å². The third-order valence-electron chi connectivity index (χ3n) is 5.87. The number of aromatic hydroxyl groups is 1. The van der Waals surface area contributed by atoms with E-state index >= 15 is 0 Å². The molecule has 3 aromatic rings. The molecule has 1 amide bonds. The van der Waals surface area contributed by atoms with Crippen molar-refractivity contribution in [2.24, 2.45) is 5.92 Å². The van der Waals surface area contributed by atoms with E-state index < -0.39 is 23.5 Å². The highest BCUT2D eigenvalue weighted by Gasteiger charge is 2.31. The van der Waals surface area contributed by atoms with Crippen LogP contribution in [0.15, 0.2) is 76.5 Å². The van der Waals surface area contributed by atoms with Gasteiger partial charge in [0, 0.05) is 34.4 Å². The fourth-order valence-electron chi connectivity index (χ4n) is 3.99. The fourth-order valence-corrected chi connectivity index (χ4v) is 4.86. The van der Waals surface area contributed by atoms with Gasteiger partial charge in [-0.3, -0.25) is 9.59 Å². The molecule has 0 radical (unpaired) electrons. The lowest BCUT2D eigenvalue weighted by Crippen LogP contribution is -2.40. The number of carbonyl (C=O) groups excluding carboxylic acids is 2. The lowest BCUT2D eigenvalue weighted by molar-refractivity contribution is -0.137. The first-order chi connectivity index (χ1) is 16.6. The Balaban J connectivity index is 1.36. The molecule has 9 heteroatoms. The molecule has 1 aliphatic heterocycles. The molecule has 4 nitrogen and oxygen atoms in total. The number of amides is 1. The number of Topliss-reactive ketones (excluding diaryl/α,β-unsaturated/α-hetero) is 1. The van der Waals surface area contributed by atoms with Crippen molar-refractivity contribution < 1.29 is 32.3 Å². The number of alkyl halides is 3. The molecule has 0 aliphatic carbocycles. The molecule has 1 fully saturated rings. The summed E-state index contributed by atoms with van der Waals surface area (Å²) in [5.41, 5.74) is -0.434. The van der Waals surface area contributed by atoms with Gasteiger partial charge >= 0.3 is 6.18 Å². The minimum absolute atomic E-state index is 0.0729. The number of rotatable bonds is 5. The first kappa shape index (κ1) is 24.8. The molecule has 182 valence electrons. The molecule has 0 aromatic heterocycles. The van der Waals surface area contributed by atoms with Crippen molar-refractivity contribution >= 4 is 23.5 Å². The van der Waals surface area contributed by atoms with E-state index in [1.807, 2.05) is 0 Å². The summed E-state index contributed by atoms with van der Waals surface area (Å²) < 4.78 is 52.7. The Morgan fingerprint density at radius 1 is 0.914 bits per heavy atom. The van der Waals surface area contributed by atoms with Crippen LogP contribution in [-0.2, 0) is 6.18 Å². The van der Waals surface area contributed by atoms with Crippen molar-refractivity contribution in [2.75, 3.05) is 13.1 Å². The number of piperidine rings is 1. The summed E-state index contributed by atoms with van der Waals surface area (Å²) in [5.74, 6) is -1.81. The molecule has 0 spiro atoms. The highest BCUT2D eigenvalue weighted by atomic mass is 32.2. The van der Waals surface area contributed by atoms with E-state index in [1.165, 1.54) is 28.8 Å². The van der Waals surface area contributed by atoms with Crippen molar-refractivity contribution in [1.82, 2.24) is 4.90 Å². The van der Waals surface area contributed by atoms with E-state index in [0.29, 0.717) is 28.2 Å². The minimum atomic E-state index is -4.41. The van der Waals surface area contributed by atoms with Crippen LogP contribution in [0.4, 0.5) is 17.6 Å². The normalized spacial score (nSPS) is 14.7. The third kappa shape index (κ3) is 5.85. The standard InChI is InChI=1S/C26H21F4NO3S/c27-23-9-6-19(32)15-22(23)25(34)31-12-10-17(11-13-31)24(33)16-4-7-20(8-5-16)35-21-3-1-2-18(14-21)26(28,29)30/h1-9,14-15,17,32H,10-13H2. The zero-order valence-electron chi connectivity index (χ0n) is 18.4. The van der Waals surface area contributed by atoms with Gasteiger partial charge in [0.25, 0.3) is 5.91 Å². The molecular formula is C26H21F4NO3S. The van der Waals surface area contributed by atoms with Crippen LogP contribution in [0.5, 0.6) is 5.75 Å². The molecule has 1 heterocycles. The Hall–Kier alpha value is -3.33. The SMILES string of the molecule is O=C(c1ccc(Sc2cccc(C(F)(F)F)c2)cc1)C1CCN(C(=O)c2cc(O)ccc2F)CC1. The fraction of sp³-hybridized carbons (Fsp3) is 0.231. The third-order valence-corrected chi connectivity index (χ3v) is 6.87. The van der Waals surface area contributed by atoms with Gasteiger partial charge in [0.05, 0.1) is 11.1 Å². The highest BCUT2D eigenvalue weighted by Crippen LogP contribution is 2.35. The maximum Gasteiger partial charge on any atom is 0.416 e. The van der Waals surface area contributed by atoms with Crippen LogP contribution in [0.25, 0.3) is 0 Å². The molecule has 0 unspecified atom stereocenters. The molecule has 1 saturated heterocycles. The zero-order chi connectivity index (χ0) is 25.2. The van der Waals surface area contributed by atoms with Crippen LogP contribution >= 0.6 is 11.8 Å². The van der Waals surface area contributed by atoms with Crippen LogP contribution in [0, 0.1) is 11.7 Å². The first-order valence-electron chi connectivity index (χ1n) is 10.9. The number of hydrogen-bond donors (Lipinski definition) is 1. The Labute approximate surface area is 203 Å². The molecule has 1 N–H and O–H groups in total. The molecule has 1 aliphatic rings. The van der Waals surface area contributed by atoms with Crippen molar-refractivity contribution in [2.45, 2.75) is 28.8 Å². The average Bonchev–Trinajstić information content (AvgIpc) is 2.85. The number of phenols is 1. The van der Waals surface area contributed by atoms with E-state index in [0.717, 1.165) is 24.3 Å². The molecule has 0 atom stereocenters. The Bertz CT molecular complexity index is 1240. The van der Waals surface area contributed by atoms with E-state index in [2.05, 4.69) is 0 Å². The first-order valence-corrected chi connectivity index (χ1v) is 11.7. The second-order valence-electron chi connectivity index (χ2n) is 8.25. The van der Waals surface area contributed by atoms with E-state index in [-0.39, 0.29) is 36.1 Å². The smallest absolute Gasteiger partial charge is 0.416 e. The number of carbonyl (C=O) groups is 2. The Morgan fingerprint density at radius 3 is 2.26 bits per heavy atom. The number of halogens is 4. The topological polar surface area (TPSA) is 57.6 Å². The quantitative estimate of drug-likeness (QED) is 0.322. The van der Waals surface area contributed by atoms with Crippen LogP contribution in [0.3, 0.4) is 0 Å². The highest BCUT2D eigenvalue weighted by molar-refractivity contribution is 7.99. The van der Waals surface area contributed by atoms with Gasteiger partial charge in [-0.1, -0.05) is 30.0 Å². The molecule has 0 bridgehead atoms. The number of ketones is 1. The summed E-state index contributed by atoms with van der Waals surface area (Å²) in [6, 6.07) is 15.0. The molecule has 0 saturated carbocycles. The number of benzene rings is 3. The van der Waals surface area contributed by atoms with Gasteiger partial charge in [-0.15, -0.1) is 0 Å². The van der Waals surface area contributed by atoms with Gasteiger partial charge in [-0.2, -0.15) is 13.2 Å². The summed E-state index contributed by atoms with van der Waals surface area (Å²) in [7, 11) is 0. The number of likely N-dealkylation sites (tertiary alicyclic amines) is 1. The predicted molar refractivity (Wildman–Crippen MR) is 123 cm³/mol. The van der Waals surface area contributed by atoms with Gasteiger partial charge < -0.3 is 10.0 Å². The van der Waals surface area contributed by atoms with E-state index in [1.54, 1.807) is 30.3 Å². The summed E-state index contributed by atoms with van der Waals surface area (Å²) in [6.07, 6.45) is -3.57. The van der Waals surface area contributed by atoms with Gasteiger partial charge in [0.1, 0.15) is 11.6 Å². The largest absolute Gasteiger partial charge is 0.508 e. The second-order valence-corrected chi connectivity index (χ2v) is 9.39. The summed E-state index contributed by atoms with van der Waals surface area (Å²) in [4.78, 5) is 28.2. The Morgan fingerprint density at radius 2 is 1.60 bits per heavy atom. The number of hydrogen-bond acceptors (Lipinski definition) is 4. The molecular weight excluding hydrogens is 482 g/mol. The molecule has 4 rings (SSSR count). The lowest BCUT2D eigenvalue weighted by Gasteiger charge is -2.31. The zero-order valence-corrected chi connectivity index (χ0v) is 19.2. The maximum absolute atomic E-state index is 14.0. The van der Waals surface area contributed by atoms with Crippen molar-refractivity contribution in [3.05, 3.63) is 89.2 Å². The van der Waals surface area contributed by atoms with Crippen molar-refractivity contribution in [1.29, 1.82) is 0 Å². The van der Waals surface area contributed by atoms with E-state index in [4.69, 9.17) is 0 Å². The summed E-state index contributed by atoms with van der Waals surface area (Å²) in [5, 5.41) is 9.54. The van der Waals surface area contributed by atoms with Crippen molar-refractivity contribution in [3.63, 3.8) is 0 Å². The van der Waals surface area contributed by atoms with Gasteiger partial charge in [-0.25, -0.2) is 4.39 Å².